The highest BCUT2D eigenvalue weighted by Crippen LogP contribution is 2.30. The maximum atomic E-state index is 12.1. The second-order valence-electron chi connectivity index (χ2n) is 6.85. The number of ether oxygens (including phenoxy) is 3. The number of amides is 1. The lowest BCUT2D eigenvalue weighted by atomic mass is 9.96. The summed E-state index contributed by atoms with van der Waals surface area (Å²) in [6.07, 6.45) is 0.861. The maximum absolute atomic E-state index is 12.1. The van der Waals surface area contributed by atoms with Crippen molar-refractivity contribution in [3.8, 4) is 11.5 Å². The molecule has 2 heterocycles. The number of benzene rings is 2. The van der Waals surface area contributed by atoms with Crippen LogP contribution in [0.15, 0.2) is 42.5 Å². The molecule has 1 aromatic heterocycles. The Hall–Kier alpha value is -3.06. The van der Waals surface area contributed by atoms with Crippen LogP contribution in [0.2, 0.25) is 0 Å². The first-order valence-electron chi connectivity index (χ1n) is 9.29. The fourth-order valence-electron chi connectivity index (χ4n) is 3.30. The van der Waals surface area contributed by atoms with E-state index < -0.39 is 0 Å². The predicted octanol–water partition coefficient (Wildman–Crippen LogP) is 2.46. The van der Waals surface area contributed by atoms with E-state index in [2.05, 4.69) is 15.3 Å². The molecule has 4 rings (SSSR count). The van der Waals surface area contributed by atoms with Crippen molar-refractivity contribution < 1.29 is 19.0 Å². The number of nitrogens with one attached hydrogen (secondary N) is 2. The molecule has 2 N–H and O–H groups in total. The van der Waals surface area contributed by atoms with Gasteiger partial charge in [-0.1, -0.05) is 18.2 Å². The first-order chi connectivity index (χ1) is 13.7. The number of aromatic nitrogens is 2. The molecule has 2 aromatic carbocycles. The molecule has 0 spiro atoms. The number of nitrogens with zero attached hydrogens (tertiary/aromatic N) is 1. The summed E-state index contributed by atoms with van der Waals surface area (Å²) in [6.45, 7) is 1.39. The number of hydrogen-bond acceptors (Lipinski definition) is 5. The molecule has 0 saturated carbocycles. The standard InChI is InChI=1S/C21H23N3O4/c1-26-16-7-6-15-8-14(11-28-19(15)9-16)10-22-21(25)13-27-12-20-23-17-4-2-3-5-18(17)24-20/h2-7,9,14H,8,10-13H2,1H3,(H,22,25)(H,23,24)/t14-/m0/s1. The van der Waals surface area contributed by atoms with Crippen LogP contribution in [0, 0.1) is 5.92 Å². The zero-order valence-corrected chi connectivity index (χ0v) is 15.7. The summed E-state index contributed by atoms with van der Waals surface area (Å²) in [4.78, 5) is 19.7. The lowest BCUT2D eigenvalue weighted by Gasteiger charge is -2.25. The molecule has 1 aliphatic rings. The average molecular weight is 381 g/mol. The van der Waals surface area contributed by atoms with Gasteiger partial charge in [-0.05, 0) is 30.2 Å². The Balaban J connectivity index is 1.20. The molecule has 7 heteroatoms. The van der Waals surface area contributed by atoms with E-state index in [1.807, 2.05) is 42.5 Å². The number of methoxy groups -OCH3 is 1. The molecular formula is C21H23N3O4. The summed E-state index contributed by atoms with van der Waals surface area (Å²) in [5.74, 6) is 2.45. The number of carbonyl (C=O) groups is 1. The maximum Gasteiger partial charge on any atom is 0.246 e. The topological polar surface area (TPSA) is 85.5 Å². The van der Waals surface area contributed by atoms with Crippen LogP contribution in [-0.4, -0.2) is 42.7 Å². The Labute approximate surface area is 163 Å². The average Bonchev–Trinajstić information content (AvgIpc) is 3.14. The van der Waals surface area contributed by atoms with Crippen LogP contribution >= 0.6 is 0 Å². The molecule has 7 nitrogen and oxygen atoms in total. The van der Waals surface area contributed by atoms with E-state index in [-0.39, 0.29) is 25.0 Å². The van der Waals surface area contributed by atoms with E-state index in [1.165, 1.54) is 0 Å². The summed E-state index contributed by atoms with van der Waals surface area (Å²) in [6, 6.07) is 13.6. The van der Waals surface area contributed by atoms with Crippen LogP contribution in [-0.2, 0) is 22.6 Å². The summed E-state index contributed by atoms with van der Waals surface area (Å²) < 4.78 is 16.5. The Morgan fingerprint density at radius 3 is 3.07 bits per heavy atom. The molecule has 0 saturated heterocycles. The van der Waals surface area contributed by atoms with Gasteiger partial charge in [0, 0.05) is 18.5 Å². The van der Waals surface area contributed by atoms with Crippen molar-refractivity contribution in [3.63, 3.8) is 0 Å². The number of para-hydroxylation sites is 2. The van der Waals surface area contributed by atoms with Gasteiger partial charge in [-0.3, -0.25) is 4.79 Å². The van der Waals surface area contributed by atoms with Crippen molar-refractivity contribution >= 4 is 16.9 Å². The zero-order chi connectivity index (χ0) is 19.3. The van der Waals surface area contributed by atoms with E-state index in [9.17, 15) is 4.79 Å². The van der Waals surface area contributed by atoms with Gasteiger partial charge in [-0.25, -0.2) is 4.98 Å². The van der Waals surface area contributed by atoms with Gasteiger partial charge >= 0.3 is 0 Å². The van der Waals surface area contributed by atoms with Gasteiger partial charge in [0.15, 0.2) is 0 Å². The number of fused-ring (bicyclic) bond motifs is 2. The summed E-state index contributed by atoms with van der Waals surface area (Å²) >= 11 is 0. The highest BCUT2D eigenvalue weighted by molar-refractivity contribution is 5.77. The minimum absolute atomic E-state index is 0.00158. The number of carbonyl (C=O) groups excluding carboxylic acids is 1. The first kappa shape index (κ1) is 18.3. The van der Waals surface area contributed by atoms with Crippen LogP contribution in [0.1, 0.15) is 11.4 Å². The monoisotopic (exact) mass is 381 g/mol. The Kier molecular flexibility index (Phi) is 5.43. The lowest BCUT2D eigenvalue weighted by molar-refractivity contribution is -0.126. The van der Waals surface area contributed by atoms with Gasteiger partial charge in [0.25, 0.3) is 0 Å². The molecule has 0 radical (unpaired) electrons. The molecular weight excluding hydrogens is 358 g/mol. The molecule has 0 aliphatic carbocycles. The first-order valence-corrected chi connectivity index (χ1v) is 9.29. The zero-order valence-electron chi connectivity index (χ0n) is 15.7. The summed E-state index contributed by atoms with van der Waals surface area (Å²) in [5, 5.41) is 2.92. The van der Waals surface area contributed by atoms with Gasteiger partial charge in [0.2, 0.25) is 5.91 Å². The minimum atomic E-state index is -0.142. The van der Waals surface area contributed by atoms with Crippen molar-refractivity contribution in [2.75, 3.05) is 26.9 Å². The highest BCUT2D eigenvalue weighted by Gasteiger charge is 2.21. The van der Waals surface area contributed by atoms with Gasteiger partial charge < -0.3 is 24.5 Å². The van der Waals surface area contributed by atoms with E-state index >= 15 is 0 Å². The fraction of sp³-hybridized carbons (Fsp3) is 0.333. The Bertz CT molecular complexity index is 936. The van der Waals surface area contributed by atoms with E-state index in [1.54, 1.807) is 7.11 Å². The fourth-order valence-corrected chi connectivity index (χ4v) is 3.30. The smallest absolute Gasteiger partial charge is 0.246 e. The van der Waals surface area contributed by atoms with Crippen molar-refractivity contribution in [2.24, 2.45) is 5.92 Å². The van der Waals surface area contributed by atoms with Crippen LogP contribution in [0.25, 0.3) is 11.0 Å². The van der Waals surface area contributed by atoms with Crippen molar-refractivity contribution in [1.82, 2.24) is 15.3 Å². The summed E-state index contributed by atoms with van der Waals surface area (Å²) in [7, 11) is 1.64. The molecule has 3 aromatic rings. The molecule has 0 bridgehead atoms. The predicted molar refractivity (Wildman–Crippen MR) is 104 cm³/mol. The third-order valence-electron chi connectivity index (χ3n) is 4.76. The van der Waals surface area contributed by atoms with Crippen LogP contribution in [0.3, 0.4) is 0 Å². The van der Waals surface area contributed by atoms with Crippen LogP contribution in [0.4, 0.5) is 0 Å². The molecule has 1 amide bonds. The number of aromatic amines is 1. The third kappa shape index (κ3) is 4.26. The van der Waals surface area contributed by atoms with Crippen LogP contribution < -0.4 is 14.8 Å². The number of imidazole rings is 1. The van der Waals surface area contributed by atoms with E-state index in [0.29, 0.717) is 19.0 Å². The number of rotatable bonds is 7. The second-order valence-corrected chi connectivity index (χ2v) is 6.85. The van der Waals surface area contributed by atoms with E-state index in [4.69, 9.17) is 14.2 Å². The molecule has 1 atom stereocenters. The molecule has 1 aliphatic heterocycles. The second kappa shape index (κ2) is 8.31. The van der Waals surface area contributed by atoms with Crippen molar-refractivity contribution in [1.29, 1.82) is 0 Å². The number of hydrogen-bond donors (Lipinski definition) is 2. The number of H-pyrrole nitrogens is 1. The normalized spacial score (nSPS) is 15.7. The Morgan fingerprint density at radius 1 is 1.32 bits per heavy atom. The van der Waals surface area contributed by atoms with Gasteiger partial charge in [0.05, 0.1) is 24.8 Å². The quantitative estimate of drug-likeness (QED) is 0.657. The Morgan fingerprint density at radius 2 is 2.21 bits per heavy atom. The third-order valence-corrected chi connectivity index (χ3v) is 4.76. The van der Waals surface area contributed by atoms with Gasteiger partial charge in [-0.2, -0.15) is 0 Å². The lowest BCUT2D eigenvalue weighted by Crippen LogP contribution is -2.36. The minimum Gasteiger partial charge on any atom is -0.497 e. The van der Waals surface area contributed by atoms with Crippen LogP contribution in [0.5, 0.6) is 11.5 Å². The summed E-state index contributed by atoms with van der Waals surface area (Å²) in [5.41, 5.74) is 2.98. The molecule has 0 unspecified atom stereocenters. The van der Waals surface area contributed by atoms with Gasteiger partial charge in [0.1, 0.15) is 30.5 Å². The van der Waals surface area contributed by atoms with Crippen molar-refractivity contribution in [2.45, 2.75) is 13.0 Å². The molecule has 28 heavy (non-hydrogen) atoms. The largest absolute Gasteiger partial charge is 0.497 e. The van der Waals surface area contributed by atoms with E-state index in [0.717, 1.165) is 34.5 Å². The highest BCUT2D eigenvalue weighted by atomic mass is 16.5. The molecule has 146 valence electrons. The molecule has 0 fully saturated rings. The van der Waals surface area contributed by atoms with Gasteiger partial charge in [-0.15, -0.1) is 0 Å². The van der Waals surface area contributed by atoms with Crippen molar-refractivity contribution in [3.05, 3.63) is 53.9 Å². The SMILES string of the molecule is COc1ccc2c(c1)OC[C@H](CNC(=O)COCc1nc3ccccc3[nH]1)C2.